The smallest absolute Gasteiger partial charge is 0.213 e. The number of nitrogens with one attached hydrogen (secondary N) is 1. The Labute approximate surface area is 129 Å². The van der Waals surface area contributed by atoms with Crippen LogP contribution in [0.4, 0.5) is 0 Å². The van der Waals surface area contributed by atoms with Gasteiger partial charge in [0.15, 0.2) is 0 Å². The highest BCUT2D eigenvalue weighted by Gasteiger charge is 2.10. The monoisotopic (exact) mass is 294 g/mol. The number of ether oxygens (including phenoxy) is 2. The summed E-state index contributed by atoms with van der Waals surface area (Å²) in [6.07, 6.45) is 2.95. The van der Waals surface area contributed by atoms with E-state index in [1.165, 1.54) is 5.56 Å². The molecule has 120 valence electrons. The van der Waals surface area contributed by atoms with Gasteiger partial charge >= 0.3 is 0 Å². The number of aromatic nitrogens is 1. The zero-order chi connectivity index (χ0) is 15.7. The van der Waals surface area contributed by atoms with E-state index in [0.717, 1.165) is 37.4 Å². The lowest BCUT2D eigenvalue weighted by Gasteiger charge is -2.21. The standard InChI is InChI=1S/C17H30N2O2/c1-6-8-15-11-14(13-18-17(2,3)4)12-16(19-15)21-10-7-9-20-5/h11-12,18H,6-10,13H2,1-5H3. The average molecular weight is 294 g/mol. The van der Waals surface area contributed by atoms with Gasteiger partial charge in [-0.3, -0.25) is 0 Å². The fraction of sp³-hybridized carbons (Fsp3) is 0.706. The lowest BCUT2D eigenvalue weighted by molar-refractivity contribution is 0.170. The lowest BCUT2D eigenvalue weighted by Crippen LogP contribution is -2.35. The normalized spacial score (nSPS) is 11.7. The van der Waals surface area contributed by atoms with E-state index >= 15 is 0 Å². The van der Waals surface area contributed by atoms with Gasteiger partial charge in [0.25, 0.3) is 0 Å². The van der Waals surface area contributed by atoms with Gasteiger partial charge < -0.3 is 14.8 Å². The van der Waals surface area contributed by atoms with Crippen molar-refractivity contribution in [3.05, 3.63) is 23.4 Å². The van der Waals surface area contributed by atoms with Crippen LogP contribution in [0.15, 0.2) is 12.1 Å². The molecule has 1 rings (SSSR count). The maximum Gasteiger partial charge on any atom is 0.213 e. The summed E-state index contributed by atoms with van der Waals surface area (Å²) in [5.74, 6) is 0.725. The molecule has 0 radical (unpaired) electrons. The van der Waals surface area contributed by atoms with Gasteiger partial charge in [-0.25, -0.2) is 4.98 Å². The van der Waals surface area contributed by atoms with Crippen molar-refractivity contribution in [3.8, 4) is 5.88 Å². The topological polar surface area (TPSA) is 43.4 Å². The number of methoxy groups -OCH3 is 1. The van der Waals surface area contributed by atoms with Gasteiger partial charge in [0.1, 0.15) is 0 Å². The quantitative estimate of drug-likeness (QED) is 0.709. The highest BCUT2D eigenvalue weighted by molar-refractivity contribution is 5.25. The van der Waals surface area contributed by atoms with Crippen LogP contribution >= 0.6 is 0 Å². The highest BCUT2D eigenvalue weighted by Crippen LogP contribution is 2.15. The second-order valence-electron chi connectivity index (χ2n) is 6.35. The maximum absolute atomic E-state index is 5.75. The zero-order valence-electron chi connectivity index (χ0n) is 14.2. The lowest BCUT2D eigenvalue weighted by atomic mass is 10.1. The molecule has 1 heterocycles. The van der Waals surface area contributed by atoms with Crippen molar-refractivity contribution in [3.63, 3.8) is 0 Å². The summed E-state index contributed by atoms with van der Waals surface area (Å²) in [6.45, 7) is 10.9. The number of hydrogen-bond acceptors (Lipinski definition) is 4. The van der Waals surface area contributed by atoms with E-state index in [1.54, 1.807) is 7.11 Å². The first-order valence-electron chi connectivity index (χ1n) is 7.81. The summed E-state index contributed by atoms with van der Waals surface area (Å²) in [6, 6.07) is 4.20. The molecule has 0 spiro atoms. The van der Waals surface area contributed by atoms with Crippen molar-refractivity contribution in [1.29, 1.82) is 0 Å². The Kier molecular flexibility index (Phi) is 7.68. The zero-order valence-corrected chi connectivity index (χ0v) is 14.2. The molecule has 0 aliphatic heterocycles. The first-order chi connectivity index (χ1) is 9.94. The van der Waals surface area contributed by atoms with Crippen molar-refractivity contribution in [1.82, 2.24) is 10.3 Å². The fourth-order valence-corrected chi connectivity index (χ4v) is 1.93. The van der Waals surface area contributed by atoms with Crippen LogP contribution in [0.2, 0.25) is 0 Å². The van der Waals surface area contributed by atoms with Gasteiger partial charge in [0, 0.05) is 44.0 Å². The van der Waals surface area contributed by atoms with Crippen LogP contribution < -0.4 is 10.1 Å². The summed E-state index contributed by atoms with van der Waals surface area (Å²) in [7, 11) is 1.70. The highest BCUT2D eigenvalue weighted by atomic mass is 16.5. The molecule has 1 aromatic rings. The molecule has 0 fully saturated rings. The average Bonchev–Trinajstić information content (AvgIpc) is 2.41. The first-order valence-corrected chi connectivity index (χ1v) is 7.81. The largest absolute Gasteiger partial charge is 0.478 e. The molecule has 1 N–H and O–H groups in total. The second-order valence-corrected chi connectivity index (χ2v) is 6.35. The van der Waals surface area contributed by atoms with Crippen LogP contribution in [0.5, 0.6) is 5.88 Å². The fourth-order valence-electron chi connectivity index (χ4n) is 1.93. The van der Waals surface area contributed by atoms with Crippen LogP contribution in [-0.4, -0.2) is 30.8 Å². The molecule has 0 saturated heterocycles. The number of aryl methyl sites for hydroxylation is 1. The van der Waals surface area contributed by atoms with Crippen LogP contribution in [0.25, 0.3) is 0 Å². The Morgan fingerprint density at radius 2 is 1.95 bits per heavy atom. The summed E-state index contributed by atoms with van der Waals surface area (Å²) in [5.41, 5.74) is 2.44. The molecule has 0 aliphatic rings. The third kappa shape index (κ3) is 8.02. The van der Waals surface area contributed by atoms with Crippen molar-refractivity contribution in [2.24, 2.45) is 0 Å². The Balaban J connectivity index is 2.70. The predicted octanol–water partition coefficient (Wildman–Crippen LogP) is 3.34. The van der Waals surface area contributed by atoms with E-state index in [2.05, 4.69) is 44.1 Å². The predicted molar refractivity (Wildman–Crippen MR) is 86.8 cm³/mol. The van der Waals surface area contributed by atoms with Gasteiger partial charge in [0.2, 0.25) is 5.88 Å². The molecular formula is C17H30N2O2. The van der Waals surface area contributed by atoms with E-state index in [9.17, 15) is 0 Å². The molecule has 0 aromatic carbocycles. The minimum atomic E-state index is 0.105. The van der Waals surface area contributed by atoms with E-state index in [4.69, 9.17) is 9.47 Å². The van der Waals surface area contributed by atoms with Crippen LogP contribution in [0.3, 0.4) is 0 Å². The van der Waals surface area contributed by atoms with E-state index < -0.39 is 0 Å². The molecule has 21 heavy (non-hydrogen) atoms. The van der Waals surface area contributed by atoms with Gasteiger partial charge in [-0.1, -0.05) is 13.3 Å². The van der Waals surface area contributed by atoms with Crippen molar-refractivity contribution in [2.75, 3.05) is 20.3 Å². The molecule has 0 bridgehead atoms. The van der Waals surface area contributed by atoms with Gasteiger partial charge in [-0.2, -0.15) is 0 Å². The Morgan fingerprint density at radius 1 is 1.19 bits per heavy atom. The van der Waals surface area contributed by atoms with E-state index in [1.807, 2.05) is 6.07 Å². The van der Waals surface area contributed by atoms with Gasteiger partial charge in [-0.15, -0.1) is 0 Å². The maximum atomic E-state index is 5.75. The van der Waals surface area contributed by atoms with Gasteiger partial charge in [-0.05, 0) is 38.8 Å². The minimum absolute atomic E-state index is 0.105. The number of rotatable bonds is 9. The second kappa shape index (κ2) is 9.00. The molecule has 0 saturated carbocycles. The van der Waals surface area contributed by atoms with Crippen LogP contribution in [-0.2, 0) is 17.7 Å². The minimum Gasteiger partial charge on any atom is -0.478 e. The number of hydrogen-bond donors (Lipinski definition) is 1. The van der Waals surface area contributed by atoms with Crippen LogP contribution in [0, 0.1) is 0 Å². The molecule has 0 amide bonds. The summed E-state index contributed by atoms with van der Waals surface area (Å²) < 4.78 is 10.8. The Morgan fingerprint density at radius 3 is 2.57 bits per heavy atom. The van der Waals surface area contributed by atoms with Crippen molar-refractivity contribution >= 4 is 0 Å². The van der Waals surface area contributed by atoms with Crippen molar-refractivity contribution in [2.45, 2.75) is 59.0 Å². The third-order valence-electron chi connectivity index (χ3n) is 2.99. The first kappa shape index (κ1) is 17.9. The SMILES string of the molecule is CCCc1cc(CNC(C)(C)C)cc(OCCCOC)n1. The molecule has 4 nitrogen and oxygen atoms in total. The Hall–Kier alpha value is -1.13. The Bertz CT molecular complexity index is 414. The molecular weight excluding hydrogens is 264 g/mol. The molecule has 0 atom stereocenters. The van der Waals surface area contributed by atoms with Crippen molar-refractivity contribution < 1.29 is 9.47 Å². The summed E-state index contributed by atoms with van der Waals surface area (Å²) in [5, 5.41) is 3.51. The molecule has 1 aromatic heterocycles. The summed E-state index contributed by atoms with van der Waals surface area (Å²) >= 11 is 0. The number of pyridine rings is 1. The van der Waals surface area contributed by atoms with Gasteiger partial charge in [0.05, 0.1) is 6.61 Å². The number of nitrogens with zero attached hydrogens (tertiary/aromatic N) is 1. The van der Waals surface area contributed by atoms with Crippen LogP contribution in [0.1, 0.15) is 51.8 Å². The van der Waals surface area contributed by atoms with E-state index in [0.29, 0.717) is 13.2 Å². The third-order valence-corrected chi connectivity index (χ3v) is 2.99. The molecule has 0 unspecified atom stereocenters. The molecule has 0 aliphatic carbocycles. The van der Waals surface area contributed by atoms with E-state index in [-0.39, 0.29) is 5.54 Å². The molecule has 4 heteroatoms. The summed E-state index contributed by atoms with van der Waals surface area (Å²) in [4.78, 5) is 4.57.